The average Bonchev–Trinajstić information content (AvgIpc) is 2.46. The maximum Gasteiger partial charge on any atom is 0.270 e. The van der Waals surface area contributed by atoms with Crippen molar-refractivity contribution in [3.8, 4) is 17.3 Å². The first-order valence-electron chi connectivity index (χ1n) is 6.60. The van der Waals surface area contributed by atoms with Crippen molar-refractivity contribution in [1.82, 2.24) is 9.97 Å². The molecule has 2 aromatic rings. The normalized spacial score (nSPS) is 14.8. The number of nitrogens with zero attached hydrogens (tertiary/aromatic N) is 2. The lowest BCUT2D eigenvalue weighted by Crippen LogP contribution is -2.09. The summed E-state index contributed by atoms with van der Waals surface area (Å²) in [5.74, 6) is -0.822. The zero-order valence-electron chi connectivity index (χ0n) is 11.4. The van der Waals surface area contributed by atoms with Crippen LogP contribution >= 0.6 is 11.8 Å². The lowest BCUT2D eigenvalue weighted by atomic mass is 10.1. The molecule has 0 atom stereocenters. The van der Waals surface area contributed by atoms with Gasteiger partial charge in [-0.05, 0) is 12.2 Å². The van der Waals surface area contributed by atoms with Gasteiger partial charge in [0.15, 0.2) is 5.82 Å². The number of aromatic hydroxyl groups is 1. The Morgan fingerprint density at radius 2 is 1.90 bits per heavy atom. The summed E-state index contributed by atoms with van der Waals surface area (Å²) in [6.45, 7) is 0.862. The van der Waals surface area contributed by atoms with Gasteiger partial charge >= 0.3 is 0 Å². The van der Waals surface area contributed by atoms with Crippen LogP contribution < -0.4 is 0 Å². The van der Waals surface area contributed by atoms with Gasteiger partial charge in [-0.2, -0.15) is 16.7 Å². The summed E-state index contributed by atoms with van der Waals surface area (Å²) >= 11 is 1.73. The molecule has 1 aromatic carbocycles. The Balaban J connectivity index is 1.99. The molecule has 1 aliphatic heterocycles. The van der Waals surface area contributed by atoms with Crippen LogP contribution in [0.4, 0.5) is 8.78 Å². The summed E-state index contributed by atoms with van der Waals surface area (Å²) < 4.78 is 26.4. The molecule has 6 heteroatoms. The van der Waals surface area contributed by atoms with Gasteiger partial charge in [-0.3, -0.25) is 0 Å². The highest BCUT2D eigenvalue weighted by Crippen LogP contribution is 2.32. The van der Waals surface area contributed by atoms with Gasteiger partial charge in [-0.25, -0.2) is 13.8 Å². The van der Waals surface area contributed by atoms with Gasteiger partial charge in [0.2, 0.25) is 5.88 Å². The molecule has 0 saturated carbocycles. The minimum absolute atomic E-state index is 0.00732. The number of aryl methyl sites for hydroxylation is 1. The molecule has 21 heavy (non-hydrogen) atoms. The zero-order valence-corrected chi connectivity index (χ0v) is 12.3. The maximum absolute atomic E-state index is 13.2. The second-order valence-electron chi connectivity index (χ2n) is 5.06. The number of fused-ring (bicyclic) bond motifs is 1. The smallest absolute Gasteiger partial charge is 0.270 e. The summed E-state index contributed by atoms with van der Waals surface area (Å²) in [5, 5.41) is 10.00. The third-order valence-electron chi connectivity index (χ3n) is 3.45. The lowest BCUT2D eigenvalue weighted by molar-refractivity contribution is 0.0175. The van der Waals surface area contributed by atoms with E-state index in [0.717, 1.165) is 30.4 Å². The Hall–Kier alpha value is -1.69. The predicted octanol–water partition coefficient (Wildman–Crippen LogP) is 3.75. The van der Waals surface area contributed by atoms with E-state index in [0.29, 0.717) is 17.1 Å². The number of aromatic nitrogens is 2. The third-order valence-corrected chi connectivity index (χ3v) is 4.44. The van der Waals surface area contributed by atoms with Crippen LogP contribution in [0.1, 0.15) is 23.7 Å². The van der Waals surface area contributed by atoms with Crippen molar-refractivity contribution in [1.29, 1.82) is 0 Å². The number of rotatable bonds is 2. The Kier molecular flexibility index (Phi) is 3.57. The first kappa shape index (κ1) is 14.3. The molecule has 2 heterocycles. The molecule has 0 unspecified atom stereocenters. The second-order valence-corrected chi connectivity index (χ2v) is 6.17. The largest absolute Gasteiger partial charge is 0.493 e. The fourth-order valence-electron chi connectivity index (χ4n) is 2.26. The quantitative estimate of drug-likeness (QED) is 0.918. The zero-order chi connectivity index (χ0) is 15.0. The second kappa shape index (κ2) is 5.26. The molecule has 3 nitrogen and oxygen atoms in total. The number of hydrogen-bond donors (Lipinski definition) is 1. The van der Waals surface area contributed by atoms with Gasteiger partial charge in [-0.1, -0.05) is 24.3 Å². The molecule has 110 valence electrons. The molecule has 0 aliphatic carbocycles. The summed E-state index contributed by atoms with van der Waals surface area (Å²) in [7, 11) is 0. The monoisotopic (exact) mass is 308 g/mol. The number of benzene rings is 1. The van der Waals surface area contributed by atoms with Crippen LogP contribution in [0.2, 0.25) is 0 Å². The van der Waals surface area contributed by atoms with E-state index in [4.69, 9.17) is 0 Å². The molecule has 0 radical (unpaired) electrons. The summed E-state index contributed by atoms with van der Waals surface area (Å²) in [4.78, 5) is 8.56. The van der Waals surface area contributed by atoms with Gasteiger partial charge in [0.25, 0.3) is 5.92 Å². The minimum atomic E-state index is -2.87. The molecular formula is C15H14F2N2OS. The summed E-state index contributed by atoms with van der Waals surface area (Å²) in [5.41, 5.74) is 2.21. The molecule has 0 amide bonds. The molecule has 0 fully saturated rings. The molecule has 0 spiro atoms. The van der Waals surface area contributed by atoms with Gasteiger partial charge in [0, 0.05) is 29.4 Å². The Morgan fingerprint density at radius 1 is 1.19 bits per heavy atom. The van der Waals surface area contributed by atoms with Crippen LogP contribution in [-0.2, 0) is 18.1 Å². The van der Waals surface area contributed by atoms with Gasteiger partial charge in [0.05, 0.1) is 5.69 Å². The van der Waals surface area contributed by atoms with Crippen molar-refractivity contribution in [2.24, 2.45) is 0 Å². The fourth-order valence-corrected chi connectivity index (χ4v) is 3.24. The first-order valence-corrected chi connectivity index (χ1v) is 7.76. The molecular weight excluding hydrogens is 294 g/mol. The first-order chi connectivity index (χ1) is 9.95. The van der Waals surface area contributed by atoms with Crippen molar-refractivity contribution in [3.63, 3.8) is 0 Å². The van der Waals surface area contributed by atoms with Crippen LogP contribution in [-0.4, -0.2) is 20.8 Å². The van der Waals surface area contributed by atoms with E-state index in [1.165, 1.54) is 12.1 Å². The van der Waals surface area contributed by atoms with Crippen LogP contribution in [0.25, 0.3) is 11.4 Å². The molecule has 3 rings (SSSR count). The predicted molar refractivity (Wildman–Crippen MR) is 78.6 cm³/mol. The number of halogens is 2. The molecule has 1 N–H and O–H groups in total. The van der Waals surface area contributed by atoms with E-state index in [9.17, 15) is 13.9 Å². The summed E-state index contributed by atoms with van der Waals surface area (Å²) in [6, 6.07) is 5.85. The van der Waals surface area contributed by atoms with Crippen LogP contribution in [0.5, 0.6) is 5.88 Å². The van der Waals surface area contributed by atoms with Gasteiger partial charge < -0.3 is 5.11 Å². The Morgan fingerprint density at radius 3 is 2.57 bits per heavy atom. The van der Waals surface area contributed by atoms with Crippen molar-refractivity contribution >= 4 is 11.8 Å². The molecule has 0 bridgehead atoms. The third kappa shape index (κ3) is 2.85. The lowest BCUT2D eigenvalue weighted by Gasteiger charge is -2.16. The van der Waals surface area contributed by atoms with E-state index in [1.54, 1.807) is 23.9 Å². The Bertz CT molecular complexity index is 669. The summed E-state index contributed by atoms with van der Waals surface area (Å²) in [6.07, 6.45) is 0.786. The molecule has 1 aliphatic rings. The van der Waals surface area contributed by atoms with Crippen LogP contribution in [0, 0.1) is 0 Å². The molecule has 0 saturated heterocycles. The van der Waals surface area contributed by atoms with Gasteiger partial charge in [0.1, 0.15) is 0 Å². The number of alkyl halides is 2. The SMILES string of the molecule is CC(F)(F)c1ccc(-c2nc(O)c3c(n2)CCSC3)cc1. The van der Waals surface area contributed by atoms with Gasteiger partial charge in [-0.15, -0.1) is 0 Å². The highest BCUT2D eigenvalue weighted by Gasteiger charge is 2.24. The van der Waals surface area contributed by atoms with Crippen molar-refractivity contribution < 1.29 is 13.9 Å². The molecule has 1 aromatic heterocycles. The van der Waals surface area contributed by atoms with Crippen molar-refractivity contribution in [3.05, 3.63) is 41.1 Å². The van der Waals surface area contributed by atoms with E-state index >= 15 is 0 Å². The van der Waals surface area contributed by atoms with Crippen LogP contribution in [0.15, 0.2) is 24.3 Å². The number of hydrogen-bond acceptors (Lipinski definition) is 4. The van der Waals surface area contributed by atoms with E-state index in [2.05, 4.69) is 9.97 Å². The van der Waals surface area contributed by atoms with E-state index < -0.39 is 5.92 Å². The van der Waals surface area contributed by atoms with E-state index in [1.807, 2.05) is 0 Å². The van der Waals surface area contributed by atoms with Crippen molar-refractivity contribution in [2.75, 3.05) is 5.75 Å². The van der Waals surface area contributed by atoms with E-state index in [-0.39, 0.29) is 11.4 Å². The number of thioether (sulfide) groups is 1. The Labute approximate surface area is 125 Å². The van der Waals surface area contributed by atoms with Crippen LogP contribution in [0.3, 0.4) is 0 Å². The maximum atomic E-state index is 13.2. The fraction of sp³-hybridized carbons (Fsp3) is 0.333. The highest BCUT2D eigenvalue weighted by molar-refractivity contribution is 7.98. The highest BCUT2D eigenvalue weighted by atomic mass is 32.2. The van der Waals surface area contributed by atoms with Crippen molar-refractivity contribution in [2.45, 2.75) is 25.0 Å². The topological polar surface area (TPSA) is 46.0 Å². The minimum Gasteiger partial charge on any atom is -0.493 e. The standard InChI is InChI=1S/C15H14F2N2OS/c1-15(16,17)10-4-2-9(3-5-10)13-18-12-6-7-21-8-11(12)14(20)19-13/h2-5H,6-8H2,1H3,(H,18,19,20). The average molecular weight is 308 g/mol.